The number of guanidine groups is 1. The quantitative estimate of drug-likeness (QED) is 0.633. The summed E-state index contributed by atoms with van der Waals surface area (Å²) in [6.07, 6.45) is 1.77. The number of aromatic nitrogens is 1. The van der Waals surface area contributed by atoms with Gasteiger partial charge in [-0.3, -0.25) is 4.99 Å². The lowest BCUT2D eigenvalue weighted by Gasteiger charge is -2.11. The lowest BCUT2D eigenvalue weighted by atomic mass is 10.3. The van der Waals surface area contributed by atoms with Crippen molar-refractivity contribution in [2.75, 3.05) is 20.7 Å². The van der Waals surface area contributed by atoms with Crippen LogP contribution in [0.4, 0.5) is 0 Å². The van der Waals surface area contributed by atoms with E-state index in [-0.39, 0.29) is 0 Å². The smallest absolute Gasteiger partial charge is 0.219 e. The molecule has 0 aliphatic carbocycles. The Morgan fingerprint density at radius 3 is 2.57 bits per heavy atom. The molecule has 23 heavy (non-hydrogen) atoms. The molecule has 1 heterocycles. The lowest BCUT2D eigenvalue weighted by molar-refractivity contribution is 0.319. The summed E-state index contributed by atoms with van der Waals surface area (Å²) in [6.45, 7) is 3.16. The molecule has 6 nitrogen and oxygen atoms in total. The molecule has 2 rings (SSSR count). The van der Waals surface area contributed by atoms with Crippen molar-refractivity contribution in [3.8, 4) is 17.4 Å². The SMILES string of the molecule is CCOc1ccccc1Oc1ccc(CNC(=NC)NC)cn1. The molecular weight excluding hydrogens is 292 g/mol. The number of benzene rings is 1. The third kappa shape index (κ3) is 4.88. The molecule has 0 fully saturated rings. The molecular formula is C17H22N4O2. The van der Waals surface area contributed by atoms with Gasteiger partial charge in [-0.15, -0.1) is 0 Å². The van der Waals surface area contributed by atoms with Gasteiger partial charge < -0.3 is 20.1 Å². The van der Waals surface area contributed by atoms with Crippen molar-refractivity contribution < 1.29 is 9.47 Å². The van der Waals surface area contributed by atoms with Gasteiger partial charge >= 0.3 is 0 Å². The number of nitrogens with one attached hydrogen (secondary N) is 2. The highest BCUT2D eigenvalue weighted by Gasteiger charge is 2.06. The Bertz CT molecular complexity index is 641. The Morgan fingerprint density at radius 1 is 1.17 bits per heavy atom. The van der Waals surface area contributed by atoms with E-state index >= 15 is 0 Å². The van der Waals surface area contributed by atoms with Gasteiger partial charge in [-0.25, -0.2) is 4.98 Å². The van der Waals surface area contributed by atoms with Crippen LogP contribution in [-0.4, -0.2) is 31.6 Å². The van der Waals surface area contributed by atoms with E-state index in [2.05, 4.69) is 20.6 Å². The summed E-state index contributed by atoms with van der Waals surface area (Å²) >= 11 is 0. The molecule has 0 aliphatic rings. The van der Waals surface area contributed by atoms with Gasteiger partial charge in [-0.1, -0.05) is 18.2 Å². The Hall–Kier alpha value is -2.76. The van der Waals surface area contributed by atoms with Gasteiger partial charge in [0.15, 0.2) is 17.5 Å². The van der Waals surface area contributed by atoms with E-state index in [0.717, 1.165) is 11.5 Å². The fourth-order valence-corrected chi connectivity index (χ4v) is 1.96. The first-order valence-corrected chi connectivity index (χ1v) is 7.49. The highest BCUT2D eigenvalue weighted by atomic mass is 16.5. The topological polar surface area (TPSA) is 67.8 Å². The number of hydrogen-bond acceptors (Lipinski definition) is 4. The van der Waals surface area contributed by atoms with Crippen LogP contribution in [0.2, 0.25) is 0 Å². The molecule has 122 valence electrons. The van der Waals surface area contributed by atoms with Crippen molar-refractivity contribution in [1.29, 1.82) is 0 Å². The average molecular weight is 314 g/mol. The maximum absolute atomic E-state index is 5.79. The van der Waals surface area contributed by atoms with Crippen LogP contribution in [0.3, 0.4) is 0 Å². The minimum atomic E-state index is 0.527. The molecule has 0 saturated heterocycles. The van der Waals surface area contributed by atoms with Gasteiger partial charge in [0.05, 0.1) is 6.61 Å². The Morgan fingerprint density at radius 2 is 1.96 bits per heavy atom. The molecule has 6 heteroatoms. The molecule has 0 amide bonds. The fraction of sp³-hybridized carbons (Fsp3) is 0.294. The van der Waals surface area contributed by atoms with Crippen LogP contribution >= 0.6 is 0 Å². The molecule has 0 radical (unpaired) electrons. The summed E-state index contributed by atoms with van der Waals surface area (Å²) in [6, 6.07) is 11.3. The van der Waals surface area contributed by atoms with Crippen molar-refractivity contribution in [1.82, 2.24) is 15.6 Å². The zero-order valence-corrected chi connectivity index (χ0v) is 13.7. The average Bonchev–Trinajstić information content (AvgIpc) is 2.59. The van der Waals surface area contributed by atoms with E-state index in [1.165, 1.54) is 0 Å². The van der Waals surface area contributed by atoms with Crippen molar-refractivity contribution in [2.24, 2.45) is 4.99 Å². The molecule has 0 atom stereocenters. The molecule has 0 unspecified atom stereocenters. The molecule has 2 N–H and O–H groups in total. The van der Waals surface area contributed by atoms with E-state index < -0.39 is 0 Å². The van der Waals surface area contributed by atoms with Crippen molar-refractivity contribution >= 4 is 5.96 Å². The first kappa shape index (κ1) is 16.6. The number of rotatable bonds is 6. The minimum Gasteiger partial charge on any atom is -0.490 e. The molecule has 1 aromatic heterocycles. The summed E-state index contributed by atoms with van der Waals surface area (Å²) in [5.41, 5.74) is 1.03. The Kier molecular flexibility index (Phi) is 6.23. The largest absolute Gasteiger partial charge is 0.490 e. The van der Waals surface area contributed by atoms with Crippen molar-refractivity contribution in [3.63, 3.8) is 0 Å². The van der Waals surface area contributed by atoms with Gasteiger partial charge in [0.25, 0.3) is 0 Å². The monoisotopic (exact) mass is 314 g/mol. The number of hydrogen-bond donors (Lipinski definition) is 2. The van der Waals surface area contributed by atoms with Gasteiger partial charge in [-0.2, -0.15) is 0 Å². The second kappa shape index (κ2) is 8.63. The van der Waals surface area contributed by atoms with Crippen LogP contribution < -0.4 is 20.1 Å². The van der Waals surface area contributed by atoms with Gasteiger partial charge in [-0.05, 0) is 24.6 Å². The number of aliphatic imine (C=N–C) groups is 1. The summed E-state index contributed by atoms with van der Waals surface area (Å²) in [7, 11) is 3.55. The molecule has 1 aromatic carbocycles. The minimum absolute atomic E-state index is 0.527. The Labute approximate surface area is 136 Å². The number of pyridine rings is 1. The predicted octanol–water partition coefficient (Wildman–Crippen LogP) is 2.57. The zero-order chi connectivity index (χ0) is 16.5. The standard InChI is InChI=1S/C17H22N4O2/c1-4-22-14-7-5-6-8-15(14)23-16-10-9-13(11-20-16)12-21-17(18-2)19-3/h5-11H,4,12H2,1-3H3,(H2,18,19,21). The predicted molar refractivity (Wildman–Crippen MR) is 91.2 cm³/mol. The van der Waals surface area contributed by atoms with Gasteiger partial charge in [0.1, 0.15) is 0 Å². The van der Waals surface area contributed by atoms with Crippen molar-refractivity contribution in [3.05, 3.63) is 48.2 Å². The highest BCUT2D eigenvalue weighted by Crippen LogP contribution is 2.30. The summed E-state index contributed by atoms with van der Waals surface area (Å²) < 4.78 is 11.3. The van der Waals surface area contributed by atoms with E-state index in [9.17, 15) is 0 Å². The summed E-state index contributed by atoms with van der Waals surface area (Å²) in [4.78, 5) is 8.38. The summed E-state index contributed by atoms with van der Waals surface area (Å²) in [5, 5.41) is 6.13. The molecule has 0 bridgehead atoms. The first-order chi connectivity index (χ1) is 11.3. The van der Waals surface area contributed by atoms with Gasteiger partial charge in [0, 0.05) is 32.9 Å². The van der Waals surface area contributed by atoms with Crippen LogP contribution in [0.1, 0.15) is 12.5 Å². The van der Waals surface area contributed by atoms with Crippen LogP contribution in [0.15, 0.2) is 47.6 Å². The van der Waals surface area contributed by atoms with Crippen molar-refractivity contribution in [2.45, 2.75) is 13.5 Å². The first-order valence-electron chi connectivity index (χ1n) is 7.49. The normalized spacial score (nSPS) is 11.0. The molecule has 0 spiro atoms. The third-order valence-electron chi connectivity index (χ3n) is 3.08. The number of nitrogens with zero attached hydrogens (tertiary/aromatic N) is 2. The number of ether oxygens (including phenoxy) is 2. The second-order valence-corrected chi connectivity index (χ2v) is 4.66. The molecule has 2 aromatic rings. The molecule has 0 aliphatic heterocycles. The van der Waals surface area contributed by atoms with Crippen LogP contribution in [0.25, 0.3) is 0 Å². The van der Waals surface area contributed by atoms with E-state index in [4.69, 9.17) is 9.47 Å². The van der Waals surface area contributed by atoms with Crippen LogP contribution in [0.5, 0.6) is 17.4 Å². The molecule has 0 saturated carbocycles. The van der Waals surface area contributed by atoms with E-state index in [1.54, 1.807) is 13.2 Å². The zero-order valence-electron chi connectivity index (χ0n) is 13.7. The number of para-hydroxylation sites is 2. The highest BCUT2D eigenvalue weighted by molar-refractivity contribution is 5.79. The third-order valence-corrected chi connectivity index (χ3v) is 3.08. The lowest BCUT2D eigenvalue weighted by Crippen LogP contribution is -2.34. The van der Waals surface area contributed by atoms with E-state index in [0.29, 0.717) is 30.5 Å². The second-order valence-electron chi connectivity index (χ2n) is 4.66. The van der Waals surface area contributed by atoms with Crippen LogP contribution in [-0.2, 0) is 6.54 Å². The van der Waals surface area contributed by atoms with E-state index in [1.807, 2.05) is 50.4 Å². The Balaban J connectivity index is 2.00. The fourth-order valence-electron chi connectivity index (χ4n) is 1.96. The van der Waals surface area contributed by atoms with Crippen LogP contribution in [0, 0.1) is 0 Å². The summed E-state index contributed by atoms with van der Waals surface area (Å²) in [5.74, 6) is 2.62. The van der Waals surface area contributed by atoms with Gasteiger partial charge in [0.2, 0.25) is 5.88 Å². The maximum atomic E-state index is 5.79. The maximum Gasteiger partial charge on any atom is 0.219 e.